The Morgan fingerprint density at radius 2 is 2.19 bits per heavy atom. The van der Waals surface area contributed by atoms with Crippen LogP contribution in [0.1, 0.15) is 12.0 Å². The number of hydrogen-bond donors (Lipinski definition) is 0. The predicted molar refractivity (Wildman–Crippen MR) is 61.3 cm³/mol. The van der Waals surface area contributed by atoms with Crippen LogP contribution in [0.4, 0.5) is 4.79 Å². The first-order valence-electron chi connectivity index (χ1n) is 5.37. The molecule has 4 heteroatoms. The Morgan fingerprint density at radius 3 is 2.88 bits per heavy atom. The summed E-state index contributed by atoms with van der Waals surface area (Å²) in [5, 5.41) is 5.41. The Hall–Kier alpha value is -1.84. The van der Waals surface area contributed by atoms with Gasteiger partial charge in [-0.1, -0.05) is 30.3 Å². The maximum absolute atomic E-state index is 11.0. The van der Waals surface area contributed by atoms with Gasteiger partial charge in [-0.15, -0.1) is 0 Å². The van der Waals surface area contributed by atoms with E-state index < -0.39 is 0 Å². The molecule has 84 valence electrons. The molecule has 1 aliphatic heterocycles. The van der Waals surface area contributed by atoms with Crippen LogP contribution in [0, 0.1) is 0 Å². The van der Waals surface area contributed by atoms with Crippen LogP contribution < -0.4 is 0 Å². The molecule has 0 N–H and O–H groups in total. The first-order valence-corrected chi connectivity index (χ1v) is 5.37. The molecule has 1 amide bonds. The van der Waals surface area contributed by atoms with E-state index in [2.05, 4.69) is 17.2 Å². The number of aryl methyl sites for hydroxylation is 1. The van der Waals surface area contributed by atoms with E-state index >= 15 is 0 Å². The van der Waals surface area contributed by atoms with Crippen molar-refractivity contribution in [3.05, 3.63) is 35.9 Å². The van der Waals surface area contributed by atoms with E-state index in [9.17, 15) is 4.79 Å². The summed E-state index contributed by atoms with van der Waals surface area (Å²) in [6.07, 6.45) is 3.18. The summed E-state index contributed by atoms with van der Waals surface area (Å²) in [6, 6.07) is 10.2. The number of rotatable bonds is 4. The molecular weight excluding hydrogens is 204 g/mol. The highest BCUT2D eigenvalue weighted by atomic mass is 16.6. The zero-order chi connectivity index (χ0) is 11.2. The molecule has 0 bridgehead atoms. The van der Waals surface area contributed by atoms with E-state index in [1.165, 1.54) is 10.6 Å². The lowest BCUT2D eigenvalue weighted by atomic mass is 10.1. The minimum atomic E-state index is -0.351. The molecule has 0 spiro atoms. The van der Waals surface area contributed by atoms with E-state index in [4.69, 9.17) is 4.74 Å². The third-order valence-electron chi connectivity index (χ3n) is 2.37. The highest BCUT2D eigenvalue weighted by Crippen LogP contribution is 2.04. The maximum Gasteiger partial charge on any atom is 0.430 e. The molecule has 0 aliphatic carbocycles. The average molecular weight is 218 g/mol. The van der Waals surface area contributed by atoms with Crippen LogP contribution in [0.2, 0.25) is 0 Å². The van der Waals surface area contributed by atoms with E-state index in [1.807, 2.05) is 18.2 Å². The van der Waals surface area contributed by atoms with E-state index in [1.54, 1.807) is 6.21 Å². The van der Waals surface area contributed by atoms with Crippen molar-refractivity contribution in [2.24, 2.45) is 5.10 Å². The minimum Gasteiger partial charge on any atom is -0.446 e. The van der Waals surface area contributed by atoms with Crippen molar-refractivity contribution in [1.82, 2.24) is 5.01 Å². The molecule has 1 heterocycles. The first-order chi connectivity index (χ1) is 7.86. The van der Waals surface area contributed by atoms with Gasteiger partial charge in [0.2, 0.25) is 0 Å². The highest BCUT2D eigenvalue weighted by Gasteiger charge is 2.20. The molecule has 1 aromatic carbocycles. The van der Waals surface area contributed by atoms with Crippen molar-refractivity contribution in [1.29, 1.82) is 0 Å². The number of hydrazone groups is 1. The van der Waals surface area contributed by atoms with Gasteiger partial charge in [-0.25, -0.2) is 4.79 Å². The largest absolute Gasteiger partial charge is 0.446 e. The summed E-state index contributed by atoms with van der Waals surface area (Å²) in [7, 11) is 0. The SMILES string of the molecule is O=C1OCCN1/N=C/CCc1ccccc1. The molecule has 2 rings (SSSR count). The molecule has 16 heavy (non-hydrogen) atoms. The number of benzene rings is 1. The fourth-order valence-electron chi connectivity index (χ4n) is 1.52. The fraction of sp³-hybridized carbons (Fsp3) is 0.333. The standard InChI is InChI=1S/C12H14N2O2/c15-12-14(9-10-16-12)13-8-4-7-11-5-2-1-3-6-11/h1-3,5-6,8H,4,7,9-10H2/b13-8+. The Bertz CT molecular complexity index is 376. The number of nitrogens with zero attached hydrogens (tertiary/aromatic N) is 2. The summed E-state index contributed by atoms with van der Waals surface area (Å²) >= 11 is 0. The lowest BCUT2D eigenvalue weighted by Crippen LogP contribution is -2.17. The van der Waals surface area contributed by atoms with Crippen LogP contribution in [0.25, 0.3) is 0 Å². The number of ether oxygens (including phenoxy) is 1. The fourth-order valence-corrected chi connectivity index (χ4v) is 1.52. The van der Waals surface area contributed by atoms with E-state index in [-0.39, 0.29) is 6.09 Å². The zero-order valence-corrected chi connectivity index (χ0v) is 9.00. The molecule has 0 unspecified atom stereocenters. The first kappa shape index (κ1) is 10.7. The Balaban J connectivity index is 1.75. The quantitative estimate of drug-likeness (QED) is 0.726. The molecule has 1 saturated heterocycles. The van der Waals surface area contributed by atoms with Crippen molar-refractivity contribution in [2.45, 2.75) is 12.8 Å². The normalized spacial score (nSPS) is 15.8. The van der Waals surface area contributed by atoms with Gasteiger partial charge in [0.1, 0.15) is 6.61 Å². The molecule has 0 saturated carbocycles. The van der Waals surface area contributed by atoms with Gasteiger partial charge < -0.3 is 4.74 Å². The Labute approximate surface area is 94.5 Å². The molecule has 1 fully saturated rings. The summed E-state index contributed by atoms with van der Waals surface area (Å²) in [5.74, 6) is 0. The lowest BCUT2D eigenvalue weighted by Gasteiger charge is -2.03. The number of amides is 1. The smallest absolute Gasteiger partial charge is 0.430 e. The van der Waals surface area contributed by atoms with Gasteiger partial charge in [0.15, 0.2) is 0 Å². The van der Waals surface area contributed by atoms with Gasteiger partial charge in [-0.2, -0.15) is 10.1 Å². The van der Waals surface area contributed by atoms with Crippen LogP contribution in [0.15, 0.2) is 35.4 Å². The van der Waals surface area contributed by atoms with Gasteiger partial charge in [0.05, 0.1) is 6.54 Å². The van der Waals surface area contributed by atoms with Crippen LogP contribution in [-0.2, 0) is 11.2 Å². The molecular formula is C12H14N2O2. The van der Waals surface area contributed by atoms with Gasteiger partial charge in [0.25, 0.3) is 0 Å². The van der Waals surface area contributed by atoms with Crippen LogP contribution in [0.3, 0.4) is 0 Å². The molecule has 0 aromatic heterocycles. The number of carbonyl (C=O) groups is 1. The minimum absolute atomic E-state index is 0.351. The second-order valence-corrected chi connectivity index (χ2v) is 3.56. The summed E-state index contributed by atoms with van der Waals surface area (Å²) in [4.78, 5) is 11.0. The maximum atomic E-state index is 11.0. The average Bonchev–Trinajstić information content (AvgIpc) is 2.72. The number of hydrogen-bond acceptors (Lipinski definition) is 3. The predicted octanol–water partition coefficient (Wildman–Crippen LogP) is 2.06. The summed E-state index contributed by atoms with van der Waals surface area (Å²) in [5.41, 5.74) is 1.28. The molecule has 4 nitrogen and oxygen atoms in total. The van der Waals surface area contributed by atoms with Gasteiger partial charge >= 0.3 is 6.09 Å². The van der Waals surface area contributed by atoms with Crippen molar-refractivity contribution in [3.63, 3.8) is 0 Å². The van der Waals surface area contributed by atoms with E-state index in [0.29, 0.717) is 13.2 Å². The highest BCUT2D eigenvalue weighted by molar-refractivity contribution is 5.70. The van der Waals surface area contributed by atoms with Crippen LogP contribution in [-0.4, -0.2) is 30.5 Å². The van der Waals surface area contributed by atoms with Gasteiger partial charge in [-0.3, -0.25) is 0 Å². The third-order valence-corrected chi connectivity index (χ3v) is 2.37. The second-order valence-electron chi connectivity index (χ2n) is 3.56. The number of carbonyl (C=O) groups excluding carboxylic acids is 1. The molecule has 1 aromatic rings. The third kappa shape index (κ3) is 2.82. The van der Waals surface area contributed by atoms with Crippen molar-refractivity contribution < 1.29 is 9.53 Å². The van der Waals surface area contributed by atoms with Gasteiger partial charge in [0, 0.05) is 6.21 Å². The number of cyclic esters (lactones) is 1. The van der Waals surface area contributed by atoms with Crippen LogP contribution >= 0.6 is 0 Å². The second kappa shape index (κ2) is 5.30. The Morgan fingerprint density at radius 1 is 1.38 bits per heavy atom. The molecule has 0 radical (unpaired) electrons. The monoisotopic (exact) mass is 218 g/mol. The van der Waals surface area contributed by atoms with Crippen LogP contribution in [0.5, 0.6) is 0 Å². The molecule has 0 atom stereocenters. The summed E-state index contributed by atoms with van der Waals surface area (Å²) in [6.45, 7) is 0.996. The van der Waals surface area contributed by atoms with Crippen molar-refractivity contribution >= 4 is 12.3 Å². The van der Waals surface area contributed by atoms with E-state index in [0.717, 1.165) is 12.8 Å². The zero-order valence-electron chi connectivity index (χ0n) is 9.00. The molecule has 1 aliphatic rings. The topological polar surface area (TPSA) is 41.9 Å². The van der Waals surface area contributed by atoms with Gasteiger partial charge in [-0.05, 0) is 18.4 Å². The Kier molecular flexibility index (Phi) is 3.53. The van der Waals surface area contributed by atoms with Crippen molar-refractivity contribution in [3.8, 4) is 0 Å². The van der Waals surface area contributed by atoms with Crippen molar-refractivity contribution in [2.75, 3.05) is 13.2 Å². The summed E-state index contributed by atoms with van der Waals surface area (Å²) < 4.78 is 4.75. The lowest BCUT2D eigenvalue weighted by molar-refractivity contribution is 0.159.